The number of aryl methyl sites for hydroxylation is 1. The molecular formula is C24H15F3N4O3. The summed E-state index contributed by atoms with van der Waals surface area (Å²) in [6.45, 7) is 0. The molecule has 0 aliphatic carbocycles. The number of carboxylic acid groups (broad SMARTS) is 1. The second-order valence-electron chi connectivity index (χ2n) is 7.59. The summed E-state index contributed by atoms with van der Waals surface area (Å²) in [6.07, 6.45) is -3.22. The van der Waals surface area contributed by atoms with Crippen LogP contribution in [0.15, 0.2) is 71.4 Å². The highest BCUT2D eigenvalue weighted by Crippen LogP contribution is 2.39. The van der Waals surface area contributed by atoms with Crippen LogP contribution in [0.3, 0.4) is 0 Å². The first-order valence-electron chi connectivity index (χ1n) is 10.0. The van der Waals surface area contributed by atoms with Crippen LogP contribution in [0, 0.1) is 0 Å². The van der Waals surface area contributed by atoms with E-state index in [4.69, 9.17) is 4.42 Å². The molecule has 3 aromatic carbocycles. The molecule has 0 radical (unpaired) electrons. The summed E-state index contributed by atoms with van der Waals surface area (Å²) in [4.78, 5) is 15.5. The molecule has 0 aliphatic heterocycles. The minimum Gasteiger partial charge on any atom is -0.478 e. The van der Waals surface area contributed by atoms with Gasteiger partial charge in [-0.1, -0.05) is 36.4 Å². The predicted octanol–water partition coefficient (Wildman–Crippen LogP) is 5.67. The fourth-order valence-electron chi connectivity index (χ4n) is 3.77. The molecule has 34 heavy (non-hydrogen) atoms. The standard InChI is InChI=1S/C24H15F3N4O3/c1-31-12-28-30-21(31)17-8-3-2-7-16(17)13-5-4-6-14(9-13)22-29-19-11-15(23(32)33)10-18(20(19)34-22)24(25,26)27/h2-12H,1H3,(H,32,33). The number of carbonyl (C=O) groups is 1. The summed E-state index contributed by atoms with van der Waals surface area (Å²) in [5.74, 6) is -0.890. The number of aromatic carboxylic acids is 1. The number of aromatic nitrogens is 4. The maximum atomic E-state index is 13.6. The van der Waals surface area contributed by atoms with Gasteiger partial charge in [0.15, 0.2) is 11.4 Å². The van der Waals surface area contributed by atoms with Crippen LogP contribution >= 0.6 is 0 Å². The average Bonchev–Trinajstić information content (AvgIpc) is 3.43. The molecule has 10 heteroatoms. The number of oxazole rings is 1. The molecule has 2 aromatic heterocycles. The van der Waals surface area contributed by atoms with Crippen molar-refractivity contribution in [3.63, 3.8) is 0 Å². The third-order valence-corrected chi connectivity index (χ3v) is 5.34. The highest BCUT2D eigenvalue weighted by Gasteiger charge is 2.36. The largest absolute Gasteiger partial charge is 0.478 e. The summed E-state index contributed by atoms with van der Waals surface area (Å²) in [5.41, 5.74) is 0.441. The molecule has 7 nitrogen and oxygen atoms in total. The molecule has 2 heterocycles. The quantitative estimate of drug-likeness (QED) is 0.368. The number of carboxylic acids is 1. The van der Waals surface area contributed by atoms with Gasteiger partial charge in [0, 0.05) is 18.2 Å². The second-order valence-corrected chi connectivity index (χ2v) is 7.59. The monoisotopic (exact) mass is 464 g/mol. The van der Waals surface area contributed by atoms with Crippen LogP contribution in [0.1, 0.15) is 15.9 Å². The average molecular weight is 464 g/mol. The predicted molar refractivity (Wildman–Crippen MR) is 117 cm³/mol. The van der Waals surface area contributed by atoms with Gasteiger partial charge in [0.25, 0.3) is 0 Å². The van der Waals surface area contributed by atoms with Gasteiger partial charge in [-0.25, -0.2) is 9.78 Å². The normalized spacial score (nSPS) is 11.8. The number of hydrogen-bond acceptors (Lipinski definition) is 5. The molecular weight excluding hydrogens is 449 g/mol. The van der Waals surface area contributed by atoms with Gasteiger partial charge in [0.1, 0.15) is 17.4 Å². The first-order valence-corrected chi connectivity index (χ1v) is 10.0. The SMILES string of the molecule is Cn1cnnc1-c1ccccc1-c1cccc(-c2nc3cc(C(=O)O)cc(C(F)(F)F)c3o2)c1. The van der Waals surface area contributed by atoms with Crippen molar-refractivity contribution in [1.82, 2.24) is 19.7 Å². The molecule has 0 spiro atoms. The molecule has 170 valence electrons. The number of rotatable bonds is 4. The minimum absolute atomic E-state index is 0.0546. The molecule has 5 rings (SSSR count). The minimum atomic E-state index is -4.81. The zero-order chi connectivity index (χ0) is 24.0. The van der Waals surface area contributed by atoms with Crippen LogP contribution in [-0.4, -0.2) is 30.8 Å². The summed E-state index contributed by atoms with van der Waals surface area (Å²) in [6, 6.07) is 16.1. The molecule has 0 atom stereocenters. The zero-order valence-corrected chi connectivity index (χ0v) is 17.5. The van der Waals surface area contributed by atoms with Crippen LogP contribution in [0.2, 0.25) is 0 Å². The van der Waals surface area contributed by atoms with Gasteiger partial charge in [0.2, 0.25) is 5.89 Å². The van der Waals surface area contributed by atoms with Gasteiger partial charge in [-0.2, -0.15) is 13.2 Å². The Balaban J connectivity index is 1.65. The number of benzene rings is 3. The van der Waals surface area contributed by atoms with Crippen molar-refractivity contribution in [2.45, 2.75) is 6.18 Å². The van der Waals surface area contributed by atoms with Gasteiger partial charge in [-0.05, 0) is 35.4 Å². The van der Waals surface area contributed by atoms with E-state index < -0.39 is 28.9 Å². The van der Waals surface area contributed by atoms with Crippen molar-refractivity contribution >= 4 is 17.1 Å². The molecule has 0 saturated carbocycles. The van der Waals surface area contributed by atoms with Gasteiger partial charge in [-0.3, -0.25) is 0 Å². The van der Waals surface area contributed by atoms with Gasteiger partial charge < -0.3 is 14.1 Å². The number of alkyl halides is 3. The Morgan fingerprint density at radius 3 is 2.41 bits per heavy atom. The first kappa shape index (κ1) is 21.4. The summed E-state index contributed by atoms with van der Waals surface area (Å²) >= 11 is 0. The Labute approximate surface area is 190 Å². The fraction of sp³-hybridized carbons (Fsp3) is 0.0833. The Hall–Kier alpha value is -4.47. The highest BCUT2D eigenvalue weighted by molar-refractivity contribution is 5.94. The third-order valence-electron chi connectivity index (χ3n) is 5.34. The van der Waals surface area contributed by atoms with Crippen LogP contribution in [0.5, 0.6) is 0 Å². The van der Waals surface area contributed by atoms with Crippen LogP contribution in [0.25, 0.3) is 45.1 Å². The Morgan fingerprint density at radius 2 is 1.74 bits per heavy atom. The number of fused-ring (bicyclic) bond motifs is 1. The molecule has 5 aromatic rings. The van der Waals surface area contributed by atoms with E-state index in [0.29, 0.717) is 17.5 Å². The van der Waals surface area contributed by atoms with Crippen molar-refractivity contribution in [1.29, 1.82) is 0 Å². The van der Waals surface area contributed by atoms with Gasteiger partial charge >= 0.3 is 12.1 Å². The van der Waals surface area contributed by atoms with E-state index in [9.17, 15) is 23.1 Å². The summed E-state index contributed by atoms with van der Waals surface area (Å²) in [5, 5.41) is 17.3. The van der Waals surface area contributed by atoms with Crippen LogP contribution < -0.4 is 0 Å². The van der Waals surface area contributed by atoms with Crippen LogP contribution in [-0.2, 0) is 13.2 Å². The van der Waals surface area contributed by atoms with E-state index in [2.05, 4.69) is 15.2 Å². The molecule has 0 aliphatic rings. The lowest BCUT2D eigenvalue weighted by Gasteiger charge is -2.10. The molecule has 0 saturated heterocycles. The Morgan fingerprint density at radius 1 is 1.00 bits per heavy atom. The van der Waals surface area contributed by atoms with Crippen molar-refractivity contribution in [2.75, 3.05) is 0 Å². The summed E-state index contributed by atoms with van der Waals surface area (Å²) in [7, 11) is 1.82. The maximum absolute atomic E-state index is 13.6. The van der Waals surface area contributed by atoms with E-state index >= 15 is 0 Å². The van der Waals surface area contributed by atoms with E-state index in [1.165, 1.54) is 0 Å². The second kappa shape index (κ2) is 7.84. The fourth-order valence-corrected chi connectivity index (χ4v) is 3.77. The maximum Gasteiger partial charge on any atom is 0.420 e. The van der Waals surface area contributed by atoms with E-state index in [1.54, 1.807) is 29.1 Å². The lowest BCUT2D eigenvalue weighted by atomic mass is 9.97. The Bertz CT molecular complexity index is 1550. The van der Waals surface area contributed by atoms with Crippen molar-refractivity contribution in [3.05, 3.63) is 78.1 Å². The molecule has 0 unspecified atom stereocenters. The van der Waals surface area contributed by atoms with Gasteiger partial charge in [-0.15, -0.1) is 10.2 Å². The highest BCUT2D eigenvalue weighted by atomic mass is 19.4. The van der Waals surface area contributed by atoms with Crippen molar-refractivity contribution in [3.8, 4) is 34.0 Å². The van der Waals surface area contributed by atoms with Crippen molar-refractivity contribution in [2.24, 2.45) is 7.05 Å². The lowest BCUT2D eigenvalue weighted by molar-refractivity contribution is -0.136. The molecule has 0 amide bonds. The van der Waals surface area contributed by atoms with Crippen molar-refractivity contribution < 1.29 is 27.5 Å². The van der Waals surface area contributed by atoms with Crippen LogP contribution in [0.4, 0.5) is 13.2 Å². The molecule has 1 N–H and O–H groups in total. The van der Waals surface area contributed by atoms with E-state index in [0.717, 1.165) is 22.8 Å². The first-order chi connectivity index (χ1) is 16.2. The van der Waals surface area contributed by atoms with E-state index in [-0.39, 0.29) is 11.4 Å². The zero-order valence-electron chi connectivity index (χ0n) is 17.5. The number of halogens is 3. The number of hydrogen-bond donors (Lipinski definition) is 1. The molecule has 0 bridgehead atoms. The Kier molecular flexibility index (Phi) is 4.93. The van der Waals surface area contributed by atoms with E-state index in [1.807, 2.05) is 37.4 Å². The van der Waals surface area contributed by atoms with Gasteiger partial charge in [0.05, 0.1) is 5.56 Å². The topological polar surface area (TPSA) is 94.0 Å². The lowest BCUT2D eigenvalue weighted by Crippen LogP contribution is -2.08. The third kappa shape index (κ3) is 3.68. The molecule has 0 fully saturated rings. The number of nitrogens with zero attached hydrogens (tertiary/aromatic N) is 4. The smallest absolute Gasteiger partial charge is 0.420 e. The summed E-state index contributed by atoms with van der Waals surface area (Å²) < 4.78 is 48.0.